The van der Waals surface area contributed by atoms with Crippen molar-refractivity contribution < 1.29 is 4.79 Å². The summed E-state index contributed by atoms with van der Waals surface area (Å²) in [4.78, 5) is 16.3. The monoisotopic (exact) mass is 281 g/mol. The number of nitrogens with one attached hydrogen (secondary N) is 2. The normalized spacial score (nSPS) is 9.95. The van der Waals surface area contributed by atoms with Gasteiger partial charge in [0, 0.05) is 24.0 Å². The minimum atomic E-state index is -0.343. The van der Waals surface area contributed by atoms with Gasteiger partial charge in [0.15, 0.2) is 5.96 Å². The van der Waals surface area contributed by atoms with Gasteiger partial charge in [0.05, 0.1) is 0 Å². The van der Waals surface area contributed by atoms with Crippen molar-refractivity contribution in [2.75, 3.05) is 13.1 Å². The molecule has 0 spiro atoms. The third kappa shape index (κ3) is 3.04. The SMILES string of the molecule is Cl.N=C(N)N(CCN)C(=O)c1cc2ccccc2[nH]1. The molecule has 2 rings (SSSR count). The molecule has 1 heterocycles. The predicted octanol–water partition coefficient (Wildman–Crippen LogP) is 0.884. The summed E-state index contributed by atoms with van der Waals surface area (Å²) in [6.07, 6.45) is 0. The number of carbonyl (C=O) groups is 1. The van der Waals surface area contributed by atoms with Crippen LogP contribution in [-0.2, 0) is 0 Å². The average molecular weight is 282 g/mol. The second-order valence-corrected chi connectivity index (χ2v) is 3.90. The van der Waals surface area contributed by atoms with Gasteiger partial charge >= 0.3 is 0 Å². The lowest BCUT2D eigenvalue weighted by Gasteiger charge is -2.18. The first-order valence-electron chi connectivity index (χ1n) is 5.57. The highest BCUT2D eigenvalue weighted by Crippen LogP contribution is 2.15. The van der Waals surface area contributed by atoms with Crippen molar-refractivity contribution in [2.45, 2.75) is 0 Å². The van der Waals surface area contributed by atoms with Gasteiger partial charge in [-0.25, -0.2) is 0 Å². The van der Waals surface area contributed by atoms with Gasteiger partial charge in [0.2, 0.25) is 0 Å². The molecule has 0 atom stereocenters. The first-order valence-corrected chi connectivity index (χ1v) is 5.57. The number of amides is 1. The number of halogens is 1. The molecule has 0 fully saturated rings. The van der Waals surface area contributed by atoms with Crippen molar-refractivity contribution in [1.82, 2.24) is 9.88 Å². The lowest BCUT2D eigenvalue weighted by Crippen LogP contribution is -2.44. The fourth-order valence-electron chi connectivity index (χ4n) is 1.79. The van der Waals surface area contributed by atoms with Crippen LogP contribution in [0.25, 0.3) is 10.9 Å². The van der Waals surface area contributed by atoms with Crippen LogP contribution in [0.1, 0.15) is 10.5 Å². The fourth-order valence-corrected chi connectivity index (χ4v) is 1.79. The highest BCUT2D eigenvalue weighted by Gasteiger charge is 2.19. The number of rotatable bonds is 3. The maximum Gasteiger partial charge on any atom is 0.277 e. The number of carbonyl (C=O) groups excluding carboxylic acids is 1. The Labute approximate surface area is 116 Å². The van der Waals surface area contributed by atoms with Crippen LogP contribution in [0.15, 0.2) is 30.3 Å². The summed E-state index contributed by atoms with van der Waals surface area (Å²) in [6.45, 7) is 0.481. The largest absolute Gasteiger partial charge is 0.370 e. The van der Waals surface area contributed by atoms with E-state index in [9.17, 15) is 4.79 Å². The third-order valence-electron chi connectivity index (χ3n) is 2.65. The molecule has 0 saturated carbocycles. The maximum absolute atomic E-state index is 12.2. The van der Waals surface area contributed by atoms with Gasteiger partial charge in [-0.3, -0.25) is 15.1 Å². The number of aromatic amines is 1. The van der Waals surface area contributed by atoms with Crippen LogP contribution in [0.4, 0.5) is 0 Å². The average Bonchev–Trinajstić information content (AvgIpc) is 2.78. The molecule has 0 radical (unpaired) electrons. The van der Waals surface area contributed by atoms with Gasteiger partial charge in [-0.05, 0) is 12.1 Å². The van der Waals surface area contributed by atoms with Crippen molar-refractivity contribution >= 4 is 35.2 Å². The molecular weight excluding hydrogens is 266 g/mol. The van der Waals surface area contributed by atoms with Gasteiger partial charge in [-0.1, -0.05) is 18.2 Å². The van der Waals surface area contributed by atoms with Crippen molar-refractivity contribution in [3.8, 4) is 0 Å². The number of H-pyrrole nitrogens is 1. The molecule has 1 amide bonds. The van der Waals surface area contributed by atoms with E-state index in [0.717, 1.165) is 15.8 Å². The van der Waals surface area contributed by atoms with Crippen LogP contribution < -0.4 is 11.5 Å². The van der Waals surface area contributed by atoms with E-state index >= 15 is 0 Å². The van der Waals surface area contributed by atoms with E-state index in [1.807, 2.05) is 24.3 Å². The van der Waals surface area contributed by atoms with Gasteiger partial charge in [-0.2, -0.15) is 0 Å². The Morgan fingerprint density at radius 2 is 2.05 bits per heavy atom. The minimum absolute atomic E-state index is 0. The molecule has 0 unspecified atom stereocenters. The number of hydrogen-bond donors (Lipinski definition) is 4. The molecule has 102 valence electrons. The minimum Gasteiger partial charge on any atom is -0.370 e. The van der Waals surface area contributed by atoms with E-state index in [1.54, 1.807) is 6.07 Å². The molecule has 6 N–H and O–H groups in total. The highest BCUT2D eigenvalue weighted by molar-refractivity contribution is 6.05. The Bertz CT molecular complexity index is 562. The smallest absolute Gasteiger partial charge is 0.277 e. The molecule has 0 aliphatic carbocycles. The fraction of sp³-hybridized carbons (Fsp3) is 0.167. The first kappa shape index (κ1) is 15.0. The Kier molecular flexibility index (Phi) is 4.91. The standard InChI is InChI=1S/C12H15N5O.ClH/c13-5-6-17(12(14)15)11(18)10-7-8-3-1-2-4-9(8)16-10;/h1-4,7,16H,5-6,13H2,(H3,14,15);1H. The van der Waals surface area contributed by atoms with Crippen LogP contribution in [-0.4, -0.2) is 34.8 Å². The number of fused-ring (bicyclic) bond motifs is 1. The highest BCUT2D eigenvalue weighted by atomic mass is 35.5. The summed E-state index contributed by atoms with van der Waals surface area (Å²) in [5.74, 6) is -0.645. The zero-order valence-corrected chi connectivity index (χ0v) is 11.0. The summed E-state index contributed by atoms with van der Waals surface area (Å²) < 4.78 is 0. The Morgan fingerprint density at radius 1 is 1.37 bits per heavy atom. The third-order valence-corrected chi connectivity index (χ3v) is 2.65. The van der Waals surface area contributed by atoms with Crippen molar-refractivity contribution in [2.24, 2.45) is 11.5 Å². The molecule has 7 heteroatoms. The summed E-state index contributed by atoms with van der Waals surface area (Å²) >= 11 is 0. The molecule has 0 bridgehead atoms. The van der Waals surface area contributed by atoms with Gasteiger partial charge in [-0.15, -0.1) is 12.4 Å². The topological polar surface area (TPSA) is 112 Å². The number of para-hydroxylation sites is 1. The molecule has 2 aromatic rings. The van der Waals surface area contributed by atoms with Gasteiger partial charge in [0.1, 0.15) is 5.69 Å². The number of aromatic nitrogens is 1. The van der Waals surface area contributed by atoms with Gasteiger partial charge < -0.3 is 16.5 Å². The lowest BCUT2D eigenvalue weighted by molar-refractivity contribution is 0.0843. The van der Waals surface area contributed by atoms with E-state index in [4.69, 9.17) is 16.9 Å². The maximum atomic E-state index is 12.2. The zero-order valence-electron chi connectivity index (χ0n) is 10.2. The van der Waals surface area contributed by atoms with Crippen molar-refractivity contribution in [3.05, 3.63) is 36.0 Å². The van der Waals surface area contributed by atoms with E-state index in [1.165, 1.54) is 0 Å². The second-order valence-electron chi connectivity index (χ2n) is 3.90. The molecule has 0 saturated heterocycles. The zero-order chi connectivity index (χ0) is 13.1. The van der Waals surface area contributed by atoms with Crippen LogP contribution in [0.2, 0.25) is 0 Å². The molecule has 0 aliphatic rings. The van der Waals surface area contributed by atoms with E-state index in [2.05, 4.69) is 4.98 Å². The number of benzene rings is 1. The quantitative estimate of drug-likeness (QED) is 0.495. The molecule has 1 aromatic heterocycles. The van der Waals surface area contributed by atoms with Crippen LogP contribution in [0.5, 0.6) is 0 Å². The second kappa shape index (κ2) is 6.21. The number of hydrogen-bond acceptors (Lipinski definition) is 3. The summed E-state index contributed by atoms with van der Waals surface area (Å²) in [6, 6.07) is 9.31. The molecular formula is C12H16ClN5O. The van der Waals surface area contributed by atoms with E-state index < -0.39 is 0 Å². The predicted molar refractivity (Wildman–Crippen MR) is 77.6 cm³/mol. The molecule has 19 heavy (non-hydrogen) atoms. The number of nitrogens with two attached hydrogens (primary N) is 2. The Balaban J connectivity index is 0.00000180. The van der Waals surface area contributed by atoms with E-state index in [0.29, 0.717) is 5.69 Å². The Morgan fingerprint density at radius 3 is 2.63 bits per heavy atom. The lowest BCUT2D eigenvalue weighted by atomic mass is 10.2. The molecule has 1 aromatic carbocycles. The van der Waals surface area contributed by atoms with Crippen LogP contribution in [0, 0.1) is 5.41 Å². The Hall–Kier alpha value is -2.05. The van der Waals surface area contributed by atoms with Crippen molar-refractivity contribution in [3.63, 3.8) is 0 Å². The first-order chi connectivity index (χ1) is 8.63. The number of nitrogens with zero attached hydrogens (tertiary/aromatic N) is 1. The van der Waals surface area contributed by atoms with Crippen molar-refractivity contribution in [1.29, 1.82) is 5.41 Å². The van der Waals surface area contributed by atoms with Crippen LogP contribution >= 0.6 is 12.4 Å². The number of guanidine groups is 1. The van der Waals surface area contributed by atoms with E-state index in [-0.39, 0.29) is 37.4 Å². The summed E-state index contributed by atoms with van der Waals surface area (Å²) in [5.41, 5.74) is 12.1. The van der Waals surface area contributed by atoms with Crippen LogP contribution in [0.3, 0.4) is 0 Å². The summed E-state index contributed by atoms with van der Waals surface area (Å²) in [7, 11) is 0. The van der Waals surface area contributed by atoms with Gasteiger partial charge in [0.25, 0.3) is 5.91 Å². The molecule has 6 nitrogen and oxygen atoms in total. The summed E-state index contributed by atoms with van der Waals surface area (Å²) in [5, 5.41) is 8.32. The molecule has 0 aliphatic heterocycles.